The van der Waals surface area contributed by atoms with Crippen molar-refractivity contribution in [3.05, 3.63) is 52.6 Å². The Morgan fingerprint density at radius 2 is 2.00 bits per heavy atom. The van der Waals surface area contributed by atoms with Crippen LogP contribution < -0.4 is 4.74 Å². The summed E-state index contributed by atoms with van der Waals surface area (Å²) in [7, 11) is 0. The van der Waals surface area contributed by atoms with E-state index in [-0.39, 0.29) is 5.75 Å². The van der Waals surface area contributed by atoms with E-state index in [9.17, 15) is 13.2 Å². The quantitative estimate of drug-likeness (QED) is 0.708. The first-order valence-corrected chi connectivity index (χ1v) is 7.57. The average molecular weight is 353 g/mol. The second-order valence-corrected chi connectivity index (χ2v) is 5.70. The molecule has 3 aromatic rings. The second kappa shape index (κ2) is 6.27. The maximum atomic E-state index is 12.3. The first kappa shape index (κ1) is 16.5. The number of pyridine rings is 1. The van der Waals surface area contributed by atoms with E-state index in [2.05, 4.69) is 9.97 Å². The fourth-order valence-electron chi connectivity index (χ4n) is 2.45. The Balaban J connectivity index is 1.93. The third-order valence-electron chi connectivity index (χ3n) is 3.64. The van der Waals surface area contributed by atoms with Crippen LogP contribution in [0.25, 0.3) is 11.0 Å². The summed E-state index contributed by atoms with van der Waals surface area (Å²) in [5.41, 5.74) is 2.97. The van der Waals surface area contributed by atoms with Gasteiger partial charge in [-0.1, -0.05) is 12.1 Å². The van der Waals surface area contributed by atoms with Gasteiger partial charge >= 0.3 is 6.18 Å². The van der Waals surface area contributed by atoms with Crippen molar-refractivity contribution in [1.29, 1.82) is 0 Å². The van der Waals surface area contributed by atoms with Crippen LogP contribution in [-0.4, -0.2) is 27.3 Å². The third-order valence-corrected chi connectivity index (χ3v) is 3.96. The van der Waals surface area contributed by atoms with E-state index < -0.39 is 12.8 Å². The lowest BCUT2D eigenvalue weighted by Gasteiger charge is -2.14. The number of nitrogens with one attached hydrogen (secondary N) is 1. The molecule has 1 N–H and O–H groups in total. The van der Waals surface area contributed by atoms with Gasteiger partial charge in [0.05, 0.1) is 23.3 Å². The maximum Gasteiger partial charge on any atom is 0.422 e. The molecule has 0 atom stereocenters. The number of aromatic nitrogens is 3. The molecule has 2 aromatic heterocycles. The molecule has 0 unspecified atom stereocenters. The largest absolute Gasteiger partial charge is 0.484 e. The minimum Gasteiger partial charge on any atom is -0.484 e. The van der Waals surface area contributed by atoms with Crippen LogP contribution in [0.2, 0.25) is 0 Å². The van der Waals surface area contributed by atoms with Crippen LogP contribution in [0.1, 0.15) is 11.3 Å². The van der Waals surface area contributed by atoms with Gasteiger partial charge in [-0.2, -0.15) is 13.2 Å². The zero-order valence-electron chi connectivity index (χ0n) is 12.7. The summed E-state index contributed by atoms with van der Waals surface area (Å²) < 4.78 is 44.3. The van der Waals surface area contributed by atoms with E-state index in [1.807, 2.05) is 28.8 Å². The van der Waals surface area contributed by atoms with Gasteiger partial charge in [0.2, 0.25) is 0 Å². The highest BCUT2D eigenvalue weighted by Crippen LogP contribution is 2.24. The number of benzene rings is 1. The van der Waals surface area contributed by atoms with Crippen molar-refractivity contribution in [3.63, 3.8) is 0 Å². The lowest BCUT2D eigenvalue weighted by atomic mass is 10.2. The van der Waals surface area contributed by atoms with Crippen molar-refractivity contribution in [1.82, 2.24) is 14.5 Å². The number of rotatable bonds is 4. The molecule has 0 radical (unpaired) electrons. The third kappa shape index (κ3) is 3.43. The van der Waals surface area contributed by atoms with Gasteiger partial charge in [0.15, 0.2) is 11.4 Å². The molecule has 0 amide bonds. The van der Waals surface area contributed by atoms with Crippen LogP contribution in [0.4, 0.5) is 13.2 Å². The number of H-pyrrole nitrogens is 1. The number of ether oxygens (including phenoxy) is 1. The topological polar surface area (TPSA) is 42.8 Å². The smallest absolute Gasteiger partial charge is 0.422 e. The van der Waals surface area contributed by atoms with Gasteiger partial charge in [0, 0.05) is 11.8 Å². The molecule has 2 heterocycles. The van der Waals surface area contributed by atoms with E-state index in [4.69, 9.17) is 17.0 Å². The average Bonchev–Trinajstić information content (AvgIpc) is 2.83. The highest BCUT2D eigenvalue weighted by Gasteiger charge is 2.28. The Bertz CT molecular complexity index is 930. The Kier molecular flexibility index (Phi) is 4.31. The highest BCUT2D eigenvalue weighted by atomic mass is 32.1. The van der Waals surface area contributed by atoms with E-state index in [1.54, 1.807) is 6.92 Å². The summed E-state index contributed by atoms with van der Waals surface area (Å²) >= 11 is 5.33. The van der Waals surface area contributed by atoms with Gasteiger partial charge in [-0.15, -0.1) is 0 Å². The van der Waals surface area contributed by atoms with Crippen molar-refractivity contribution in [2.45, 2.75) is 19.6 Å². The highest BCUT2D eigenvalue weighted by molar-refractivity contribution is 7.71. The van der Waals surface area contributed by atoms with E-state index in [1.165, 1.54) is 12.3 Å². The van der Waals surface area contributed by atoms with Crippen molar-refractivity contribution < 1.29 is 17.9 Å². The summed E-state index contributed by atoms with van der Waals surface area (Å²) in [4.78, 5) is 7.36. The number of imidazole rings is 1. The first-order valence-electron chi connectivity index (χ1n) is 7.17. The summed E-state index contributed by atoms with van der Waals surface area (Å²) in [6.45, 7) is 0.703. The Hall–Kier alpha value is -2.35. The van der Waals surface area contributed by atoms with Gasteiger partial charge in [-0.25, -0.2) is 0 Å². The standard InChI is InChI=1S/C16H14F3N3OS/c1-10-12(20-7-6-14(10)23-9-16(17,18)19)8-22-13-5-3-2-4-11(13)21-15(22)24/h2-7H,8-9H2,1H3,(H,21,24). The molecule has 0 aliphatic heterocycles. The molecule has 8 heteroatoms. The maximum absolute atomic E-state index is 12.3. The molecule has 0 saturated heterocycles. The summed E-state index contributed by atoms with van der Waals surface area (Å²) in [5.74, 6) is 0.170. The number of aromatic amines is 1. The predicted octanol–water partition coefficient (Wildman–Crippen LogP) is 4.39. The first-order chi connectivity index (χ1) is 11.3. The number of halogens is 3. The molecule has 24 heavy (non-hydrogen) atoms. The molecule has 0 saturated carbocycles. The fourth-order valence-corrected chi connectivity index (χ4v) is 2.72. The van der Waals surface area contributed by atoms with Crippen molar-refractivity contribution in [3.8, 4) is 5.75 Å². The number of hydrogen-bond donors (Lipinski definition) is 1. The number of hydrogen-bond acceptors (Lipinski definition) is 3. The number of fused-ring (bicyclic) bond motifs is 1. The number of nitrogens with zero attached hydrogens (tertiary/aromatic N) is 2. The van der Waals surface area contributed by atoms with Gasteiger partial charge in [0.25, 0.3) is 0 Å². The van der Waals surface area contributed by atoms with Crippen molar-refractivity contribution in [2.75, 3.05) is 6.61 Å². The van der Waals surface area contributed by atoms with Gasteiger partial charge < -0.3 is 14.3 Å². The predicted molar refractivity (Wildman–Crippen MR) is 86.7 cm³/mol. The molecule has 3 rings (SSSR count). The van der Waals surface area contributed by atoms with Crippen LogP contribution in [0.5, 0.6) is 5.75 Å². The van der Waals surface area contributed by atoms with Crippen LogP contribution in [-0.2, 0) is 6.54 Å². The number of para-hydroxylation sites is 2. The molecule has 4 nitrogen and oxygen atoms in total. The van der Waals surface area contributed by atoms with E-state index in [0.29, 0.717) is 22.6 Å². The van der Waals surface area contributed by atoms with E-state index >= 15 is 0 Å². The summed E-state index contributed by atoms with van der Waals surface area (Å²) in [6, 6.07) is 9.04. The SMILES string of the molecule is Cc1c(OCC(F)(F)F)ccnc1Cn1c(=S)[nH]c2ccccc21. The molecule has 0 spiro atoms. The van der Waals surface area contributed by atoms with Gasteiger partial charge in [-0.3, -0.25) is 4.98 Å². The molecule has 126 valence electrons. The van der Waals surface area contributed by atoms with E-state index in [0.717, 1.165) is 11.0 Å². The summed E-state index contributed by atoms with van der Waals surface area (Å²) in [6.07, 6.45) is -2.94. The van der Waals surface area contributed by atoms with Gasteiger partial charge in [0.1, 0.15) is 5.75 Å². The van der Waals surface area contributed by atoms with Crippen LogP contribution in [0.15, 0.2) is 36.5 Å². The monoisotopic (exact) mass is 353 g/mol. The van der Waals surface area contributed by atoms with Crippen LogP contribution in [0, 0.1) is 11.7 Å². The zero-order valence-corrected chi connectivity index (χ0v) is 13.5. The Morgan fingerprint density at radius 1 is 1.25 bits per heavy atom. The molecule has 0 bridgehead atoms. The molecule has 0 fully saturated rings. The molecular weight excluding hydrogens is 339 g/mol. The van der Waals surface area contributed by atoms with Crippen LogP contribution in [0.3, 0.4) is 0 Å². The minimum absolute atomic E-state index is 0.170. The molecule has 0 aliphatic carbocycles. The lowest BCUT2D eigenvalue weighted by molar-refractivity contribution is -0.153. The Morgan fingerprint density at radius 3 is 2.75 bits per heavy atom. The van der Waals surface area contributed by atoms with Crippen LogP contribution >= 0.6 is 12.2 Å². The normalized spacial score (nSPS) is 11.8. The molecule has 0 aliphatic rings. The van der Waals surface area contributed by atoms with Crippen molar-refractivity contribution >= 4 is 23.3 Å². The van der Waals surface area contributed by atoms with Crippen molar-refractivity contribution in [2.24, 2.45) is 0 Å². The zero-order chi connectivity index (χ0) is 17.3. The summed E-state index contributed by atoms with van der Waals surface area (Å²) in [5, 5.41) is 0. The Labute approximate surface area is 140 Å². The molecular formula is C16H14F3N3OS. The molecule has 1 aromatic carbocycles. The number of alkyl halides is 3. The van der Waals surface area contributed by atoms with Gasteiger partial charge in [-0.05, 0) is 37.3 Å². The second-order valence-electron chi connectivity index (χ2n) is 5.32. The fraction of sp³-hybridized carbons (Fsp3) is 0.250. The minimum atomic E-state index is -4.38. The lowest BCUT2D eigenvalue weighted by Crippen LogP contribution is -2.20.